The number of carboxylic acids is 1. The van der Waals surface area contributed by atoms with Crippen LogP contribution in [0.25, 0.3) is 10.9 Å². The quantitative estimate of drug-likeness (QED) is 0.374. The van der Waals surface area contributed by atoms with Gasteiger partial charge in [0.2, 0.25) is 0 Å². The van der Waals surface area contributed by atoms with E-state index in [1.165, 1.54) is 25.0 Å². The van der Waals surface area contributed by atoms with Gasteiger partial charge in [0.15, 0.2) is 11.5 Å². The molecular formula is C30H34N6O5. The third-order valence-corrected chi connectivity index (χ3v) is 7.59. The molecular weight excluding hydrogens is 524 g/mol. The van der Waals surface area contributed by atoms with Crippen LogP contribution < -0.4 is 19.7 Å². The number of carbonyl (C=O) groups excluding carboxylic acids is 1. The number of carbonyl (C=O) groups is 2. The maximum atomic E-state index is 12.9. The number of nitrogens with zero attached hydrogens (tertiary/aromatic N) is 5. The number of benzene rings is 2. The lowest BCUT2D eigenvalue weighted by atomic mass is 10.1. The number of carboxylic acid groups (broad SMARTS) is 1. The molecule has 3 aromatic rings. The molecule has 0 unspecified atom stereocenters. The zero-order valence-corrected chi connectivity index (χ0v) is 23.1. The molecule has 0 aliphatic carbocycles. The number of methoxy groups -OCH3 is 1. The number of aromatic carboxylic acids is 1. The summed E-state index contributed by atoms with van der Waals surface area (Å²) in [6.07, 6.45) is 5.05. The number of hydrogen-bond acceptors (Lipinski definition) is 8. The van der Waals surface area contributed by atoms with Crippen LogP contribution in [-0.2, 0) is 0 Å². The van der Waals surface area contributed by atoms with E-state index in [0.717, 1.165) is 37.1 Å². The van der Waals surface area contributed by atoms with Crippen molar-refractivity contribution in [3.05, 3.63) is 53.7 Å². The summed E-state index contributed by atoms with van der Waals surface area (Å²) in [6.45, 7) is 5.86. The summed E-state index contributed by atoms with van der Waals surface area (Å²) >= 11 is 0. The smallest absolute Gasteiger partial charge is 0.335 e. The molecule has 1 aromatic heterocycles. The molecule has 0 saturated carbocycles. The first-order chi connectivity index (χ1) is 20.0. The Morgan fingerprint density at radius 2 is 1.78 bits per heavy atom. The van der Waals surface area contributed by atoms with Crippen LogP contribution in [0.5, 0.6) is 11.5 Å². The molecule has 5 rings (SSSR count). The molecule has 11 heteroatoms. The molecule has 0 spiro atoms. The maximum absolute atomic E-state index is 12.9. The van der Waals surface area contributed by atoms with Gasteiger partial charge in [-0.15, -0.1) is 0 Å². The Bertz CT molecular complexity index is 1440. The summed E-state index contributed by atoms with van der Waals surface area (Å²) in [5, 5.41) is 22.6. The first kappa shape index (κ1) is 28.0. The van der Waals surface area contributed by atoms with E-state index in [1.807, 2.05) is 12.1 Å². The van der Waals surface area contributed by atoms with Crippen molar-refractivity contribution in [2.24, 2.45) is 0 Å². The summed E-state index contributed by atoms with van der Waals surface area (Å²) in [6, 6.07) is 11.8. The predicted molar refractivity (Wildman–Crippen MR) is 155 cm³/mol. The van der Waals surface area contributed by atoms with Gasteiger partial charge in [0.1, 0.15) is 6.07 Å². The third-order valence-electron chi connectivity index (χ3n) is 7.59. The largest absolute Gasteiger partial charge is 0.493 e. The number of rotatable bonds is 9. The van der Waals surface area contributed by atoms with Gasteiger partial charge in [-0.2, -0.15) is 5.26 Å². The fourth-order valence-corrected chi connectivity index (χ4v) is 5.39. The van der Waals surface area contributed by atoms with Crippen molar-refractivity contribution in [1.82, 2.24) is 14.8 Å². The number of fused-ring (bicyclic) bond motifs is 1. The standard InChI is InChI=1S/C30H34N6O5/c1-40-26-17-24-25(18-27(26)41-16-4-11-34-9-2-3-10-34)32-20-22(19-31)28(24)35-12-14-36(15-13-35)30(39)33-23-7-5-21(6-8-23)29(37)38/h5-8,17-18,20H,2-4,9-16H2,1H3,(H,33,39)(H,37,38). The number of aromatic nitrogens is 1. The van der Waals surface area contributed by atoms with E-state index in [1.54, 1.807) is 30.3 Å². The van der Waals surface area contributed by atoms with Crippen LogP contribution in [0.1, 0.15) is 35.2 Å². The lowest BCUT2D eigenvalue weighted by Gasteiger charge is -2.36. The fourth-order valence-electron chi connectivity index (χ4n) is 5.39. The number of nitrogens with one attached hydrogen (secondary N) is 1. The van der Waals surface area contributed by atoms with Crippen molar-refractivity contribution in [2.75, 3.05) is 69.7 Å². The Morgan fingerprint density at radius 3 is 2.44 bits per heavy atom. The molecule has 2 N–H and O–H groups in total. The zero-order valence-electron chi connectivity index (χ0n) is 23.1. The molecule has 2 fully saturated rings. The lowest BCUT2D eigenvalue weighted by molar-refractivity contribution is 0.0697. The molecule has 2 saturated heterocycles. The minimum atomic E-state index is -1.02. The molecule has 0 bridgehead atoms. The van der Waals surface area contributed by atoms with E-state index in [2.05, 4.69) is 26.2 Å². The van der Waals surface area contributed by atoms with Gasteiger partial charge in [-0.3, -0.25) is 4.98 Å². The molecule has 2 aliphatic rings. The second-order valence-electron chi connectivity index (χ2n) is 10.2. The number of urea groups is 1. The van der Waals surface area contributed by atoms with Crippen LogP contribution in [0.4, 0.5) is 16.2 Å². The lowest BCUT2D eigenvalue weighted by Crippen LogP contribution is -2.50. The second-order valence-corrected chi connectivity index (χ2v) is 10.2. The fraction of sp³-hybridized carbons (Fsp3) is 0.400. The first-order valence-corrected chi connectivity index (χ1v) is 13.9. The number of anilines is 2. The van der Waals surface area contributed by atoms with Crippen LogP contribution in [-0.4, -0.2) is 91.4 Å². The van der Waals surface area contributed by atoms with Gasteiger partial charge in [0, 0.05) is 56.1 Å². The van der Waals surface area contributed by atoms with Crippen molar-refractivity contribution in [2.45, 2.75) is 19.3 Å². The highest BCUT2D eigenvalue weighted by Crippen LogP contribution is 2.38. The van der Waals surface area contributed by atoms with E-state index in [4.69, 9.17) is 14.6 Å². The van der Waals surface area contributed by atoms with E-state index in [0.29, 0.717) is 61.1 Å². The Kier molecular flexibility index (Phi) is 8.70. The summed E-state index contributed by atoms with van der Waals surface area (Å²) in [5.41, 5.74) is 2.60. The Labute approximate surface area is 238 Å². The maximum Gasteiger partial charge on any atom is 0.335 e. The predicted octanol–water partition coefficient (Wildman–Crippen LogP) is 4.03. The first-order valence-electron chi connectivity index (χ1n) is 13.9. The molecule has 2 aromatic carbocycles. The minimum Gasteiger partial charge on any atom is -0.493 e. The number of pyridine rings is 1. The number of nitriles is 1. The monoisotopic (exact) mass is 558 g/mol. The SMILES string of the molecule is COc1cc2c(N3CCN(C(=O)Nc4ccc(C(=O)O)cc4)CC3)c(C#N)cnc2cc1OCCCN1CCCC1. The Morgan fingerprint density at radius 1 is 1.05 bits per heavy atom. The normalized spacial score (nSPS) is 15.5. The van der Waals surface area contributed by atoms with Crippen molar-refractivity contribution in [1.29, 1.82) is 5.26 Å². The summed E-state index contributed by atoms with van der Waals surface area (Å²) in [5.74, 6) is 0.194. The molecule has 0 radical (unpaired) electrons. The Balaban J connectivity index is 1.27. The van der Waals surface area contributed by atoms with Gasteiger partial charge in [-0.1, -0.05) is 0 Å². The summed E-state index contributed by atoms with van der Waals surface area (Å²) in [7, 11) is 1.60. The number of likely N-dealkylation sites (tertiary alicyclic amines) is 1. The van der Waals surface area contributed by atoms with Gasteiger partial charge in [-0.25, -0.2) is 9.59 Å². The van der Waals surface area contributed by atoms with Gasteiger partial charge in [0.25, 0.3) is 0 Å². The second kappa shape index (κ2) is 12.7. The highest BCUT2D eigenvalue weighted by Gasteiger charge is 2.25. The molecule has 41 heavy (non-hydrogen) atoms. The Hall–Kier alpha value is -4.56. The average molecular weight is 559 g/mol. The number of amides is 2. The molecule has 3 heterocycles. The van der Waals surface area contributed by atoms with Crippen LogP contribution >= 0.6 is 0 Å². The highest BCUT2D eigenvalue weighted by atomic mass is 16.5. The summed E-state index contributed by atoms with van der Waals surface area (Å²) in [4.78, 5) is 34.7. The van der Waals surface area contributed by atoms with Gasteiger partial charge < -0.3 is 34.6 Å². The van der Waals surface area contributed by atoms with Crippen molar-refractivity contribution in [3.8, 4) is 17.6 Å². The van der Waals surface area contributed by atoms with Crippen LogP contribution in [0, 0.1) is 11.3 Å². The van der Waals surface area contributed by atoms with Gasteiger partial charge in [0.05, 0.1) is 36.0 Å². The molecule has 0 atom stereocenters. The molecule has 11 nitrogen and oxygen atoms in total. The third kappa shape index (κ3) is 6.44. The van der Waals surface area contributed by atoms with E-state index in [9.17, 15) is 14.9 Å². The molecule has 214 valence electrons. The minimum absolute atomic E-state index is 0.155. The highest BCUT2D eigenvalue weighted by molar-refractivity contribution is 5.97. The number of ether oxygens (including phenoxy) is 2. The zero-order chi connectivity index (χ0) is 28.8. The van der Waals surface area contributed by atoms with E-state index >= 15 is 0 Å². The average Bonchev–Trinajstić information content (AvgIpc) is 3.52. The number of hydrogen-bond donors (Lipinski definition) is 2. The van der Waals surface area contributed by atoms with Crippen molar-refractivity contribution >= 4 is 34.3 Å². The van der Waals surface area contributed by atoms with Crippen LogP contribution in [0.15, 0.2) is 42.6 Å². The van der Waals surface area contributed by atoms with Crippen LogP contribution in [0.3, 0.4) is 0 Å². The van der Waals surface area contributed by atoms with Crippen molar-refractivity contribution in [3.63, 3.8) is 0 Å². The van der Waals surface area contributed by atoms with Crippen LogP contribution in [0.2, 0.25) is 0 Å². The van der Waals surface area contributed by atoms with Crippen molar-refractivity contribution < 1.29 is 24.2 Å². The summed E-state index contributed by atoms with van der Waals surface area (Å²) < 4.78 is 11.8. The molecule has 2 aliphatic heterocycles. The number of piperazine rings is 1. The van der Waals surface area contributed by atoms with Gasteiger partial charge in [-0.05, 0) is 62.7 Å². The topological polar surface area (TPSA) is 131 Å². The van der Waals surface area contributed by atoms with E-state index < -0.39 is 5.97 Å². The van der Waals surface area contributed by atoms with E-state index in [-0.39, 0.29) is 11.6 Å². The van der Waals surface area contributed by atoms with Gasteiger partial charge >= 0.3 is 12.0 Å². The molecule has 2 amide bonds.